The molecule has 0 saturated carbocycles. The number of carbonyl (C=O) groups excluding carboxylic acids is 2. The van der Waals surface area contributed by atoms with E-state index in [0.29, 0.717) is 0 Å². The van der Waals surface area contributed by atoms with Crippen molar-refractivity contribution in [1.82, 2.24) is 14.8 Å². The fourth-order valence-electron chi connectivity index (χ4n) is 2.64. The molecule has 5 nitrogen and oxygen atoms in total. The smallest absolute Gasteiger partial charge is 0.274 e. The molecule has 0 bridgehead atoms. The summed E-state index contributed by atoms with van der Waals surface area (Å²) in [6.45, 7) is 1.03. The highest BCUT2D eigenvalue weighted by Gasteiger charge is 2.27. The second-order valence-corrected chi connectivity index (χ2v) is 6.47. The Hall–Kier alpha value is -2.25. The third-order valence-corrected chi connectivity index (χ3v) is 4.55. The summed E-state index contributed by atoms with van der Waals surface area (Å²) in [7, 11) is 0. The Labute approximate surface area is 158 Å². The van der Waals surface area contributed by atoms with Gasteiger partial charge in [-0.25, -0.2) is 13.8 Å². The van der Waals surface area contributed by atoms with Crippen molar-refractivity contribution in [3.05, 3.63) is 63.4 Å². The van der Waals surface area contributed by atoms with E-state index in [1.165, 1.54) is 28.0 Å². The molecule has 1 aromatic heterocycles. The number of aromatic nitrogens is 1. The number of amides is 2. The van der Waals surface area contributed by atoms with Crippen LogP contribution in [0.25, 0.3) is 0 Å². The van der Waals surface area contributed by atoms with Crippen LogP contribution in [0.2, 0.25) is 10.2 Å². The summed E-state index contributed by atoms with van der Waals surface area (Å²) in [4.78, 5) is 31.9. The number of benzene rings is 1. The Balaban J connectivity index is 1.67. The monoisotopic (exact) mass is 399 g/mol. The van der Waals surface area contributed by atoms with Gasteiger partial charge in [0.15, 0.2) is 11.6 Å². The first-order valence-corrected chi connectivity index (χ1v) is 8.48. The standard InChI is InChI=1S/C17H13Cl2F2N3O2/c18-11-2-4-14(19)22-15(11)17(26)24-7-5-23(6-8-24)16(25)10-1-3-12(20)13(21)9-10/h1-4,9H,5-8H2. The number of pyridine rings is 1. The molecular weight excluding hydrogens is 387 g/mol. The average Bonchev–Trinajstić information content (AvgIpc) is 2.65. The van der Waals surface area contributed by atoms with Crippen LogP contribution in [0.1, 0.15) is 20.8 Å². The minimum atomic E-state index is -1.08. The number of hydrogen-bond donors (Lipinski definition) is 0. The molecular formula is C17H13Cl2F2N3O2. The maximum atomic E-state index is 13.3. The van der Waals surface area contributed by atoms with Gasteiger partial charge < -0.3 is 9.80 Å². The van der Waals surface area contributed by atoms with Gasteiger partial charge in [0.1, 0.15) is 10.8 Å². The first kappa shape index (κ1) is 18.5. The SMILES string of the molecule is O=C(c1ccc(F)c(F)c1)N1CCN(C(=O)c2nc(Cl)ccc2Cl)CC1. The van der Waals surface area contributed by atoms with Gasteiger partial charge >= 0.3 is 0 Å². The van der Waals surface area contributed by atoms with Crippen LogP contribution in [0, 0.1) is 11.6 Å². The summed E-state index contributed by atoms with van der Waals surface area (Å²) in [5.41, 5.74) is 0.114. The minimum absolute atomic E-state index is 0.0551. The Kier molecular flexibility index (Phi) is 5.38. The highest BCUT2D eigenvalue weighted by Crippen LogP contribution is 2.20. The molecule has 0 unspecified atom stereocenters. The normalized spacial score (nSPS) is 14.5. The van der Waals surface area contributed by atoms with Crippen LogP contribution >= 0.6 is 23.2 Å². The molecule has 2 amide bonds. The molecule has 0 radical (unpaired) electrons. The summed E-state index contributed by atoms with van der Waals surface area (Å²) in [5.74, 6) is -2.89. The second-order valence-electron chi connectivity index (χ2n) is 5.68. The molecule has 1 fully saturated rings. The fraction of sp³-hybridized carbons (Fsp3) is 0.235. The van der Waals surface area contributed by atoms with Crippen molar-refractivity contribution in [2.24, 2.45) is 0 Å². The summed E-state index contributed by atoms with van der Waals surface area (Å²) in [5, 5.41) is 0.351. The average molecular weight is 400 g/mol. The molecule has 0 N–H and O–H groups in total. The van der Waals surface area contributed by atoms with E-state index in [2.05, 4.69) is 4.98 Å². The minimum Gasteiger partial charge on any atom is -0.335 e. The number of piperazine rings is 1. The molecule has 2 heterocycles. The lowest BCUT2D eigenvalue weighted by Crippen LogP contribution is -2.50. The van der Waals surface area contributed by atoms with Crippen LogP contribution in [0.4, 0.5) is 8.78 Å². The Morgan fingerprint density at radius 1 is 0.885 bits per heavy atom. The van der Waals surface area contributed by atoms with Crippen molar-refractivity contribution in [2.45, 2.75) is 0 Å². The molecule has 136 valence electrons. The number of nitrogens with zero attached hydrogens (tertiary/aromatic N) is 3. The van der Waals surface area contributed by atoms with E-state index in [1.807, 2.05) is 0 Å². The van der Waals surface area contributed by atoms with Crippen molar-refractivity contribution in [3.63, 3.8) is 0 Å². The largest absolute Gasteiger partial charge is 0.335 e. The van der Waals surface area contributed by atoms with E-state index >= 15 is 0 Å². The topological polar surface area (TPSA) is 53.5 Å². The molecule has 0 atom stereocenters. The molecule has 0 spiro atoms. The predicted octanol–water partition coefficient (Wildman–Crippen LogP) is 3.26. The van der Waals surface area contributed by atoms with Gasteiger partial charge in [0.2, 0.25) is 0 Å². The number of hydrogen-bond acceptors (Lipinski definition) is 3. The molecule has 0 aliphatic carbocycles. The molecule has 26 heavy (non-hydrogen) atoms. The van der Waals surface area contributed by atoms with Crippen LogP contribution < -0.4 is 0 Å². The summed E-state index contributed by atoms with van der Waals surface area (Å²) < 4.78 is 26.3. The maximum Gasteiger partial charge on any atom is 0.274 e. The van der Waals surface area contributed by atoms with Crippen LogP contribution in [0.3, 0.4) is 0 Å². The Morgan fingerprint density at radius 2 is 1.50 bits per heavy atom. The van der Waals surface area contributed by atoms with Gasteiger partial charge in [-0.3, -0.25) is 9.59 Å². The van der Waals surface area contributed by atoms with Crippen molar-refractivity contribution >= 4 is 35.0 Å². The Bertz CT molecular complexity index is 871. The lowest BCUT2D eigenvalue weighted by atomic mass is 10.1. The third-order valence-electron chi connectivity index (χ3n) is 4.04. The molecule has 2 aromatic rings. The van der Waals surface area contributed by atoms with Gasteiger partial charge in [-0.2, -0.15) is 0 Å². The number of rotatable bonds is 2. The lowest BCUT2D eigenvalue weighted by Gasteiger charge is -2.34. The van der Waals surface area contributed by atoms with Gasteiger partial charge in [-0.15, -0.1) is 0 Å². The second kappa shape index (κ2) is 7.55. The van der Waals surface area contributed by atoms with E-state index < -0.39 is 17.5 Å². The molecule has 1 saturated heterocycles. The van der Waals surface area contributed by atoms with Crippen molar-refractivity contribution in [3.8, 4) is 0 Å². The molecule has 9 heteroatoms. The third kappa shape index (κ3) is 3.78. The Morgan fingerprint density at radius 3 is 2.12 bits per heavy atom. The highest BCUT2D eigenvalue weighted by atomic mass is 35.5. The summed E-state index contributed by atoms with van der Waals surface area (Å²) >= 11 is 11.8. The zero-order valence-corrected chi connectivity index (χ0v) is 14.9. The van der Waals surface area contributed by atoms with E-state index in [0.717, 1.165) is 12.1 Å². The van der Waals surface area contributed by atoms with Crippen LogP contribution in [0.15, 0.2) is 30.3 Å². The zero-order chi connectivity index (χ0) is 18.8. The van der Waals surface area contributed by atoms with E-state index in [4.69, 9.17) is 23.2 Å². The van der Waals surface area contributed by atoms with Gasteiger partial charge in [0.25, 0.3) is 11.8 Å². The van der Waals surface area contributed by atoms with Crippen LogP contribution in [-0.4, -0.2) is 52.8 Å². The molecule has 3 rings (SSSR count). The van der Waals surface area contributed by atoms with Gasteiger partial charge in [-0.05, 0) is 30.3 Å². The first-order valence-electron chi connectivity index (χ1n) is 7.72. The quantitative estimate of drug-likeness (QED) is 0.728. The summed E-state index contributed by atoms with van der Waals surface area (Å²) in [6, 6.07) is 5.99. The first-order chi connectivity index (χ1) is 12.4. The highest BCUT2D eigenvalue weighted by molar-refractivity contribution is 6.34. The van der Waals surface area contributed by atoms with Crippen LogP contribution in [-0.2, 0) is 0 Å². The van der Waals surface area contributed by atoms with Crippen LogP contribution in [0.5, 0.6) is 0 Å². The van der Waals surface area contributed by atoms with Gasteiger partial charge in [0.05, 0.1) is 5.02 Å². The fourth-order valence-corrected chi connectivity index (χ4v) is 2.98. The van der Waals surface area contributed by atoms with E-state index in [-0.39, 0.29) is 53.5 Å². The zero-order valence-electron chi connectivity index (χ0n) is 13.4. The van der Waals surface area contributed by atoms with Gasteiger partial charge in [0, 0.05) is 31.7 Å². The lowest BCUT2D eigenvalue weighted by molar-refractivity contribution is 0.0532. The van der Waals surface area contributed by atoms with E-state index in [1.54, 1.807) is 0 Å². The molecule has 1 aromatic carbocycles. The number of halogens is 4. The van der Waals surface area contributed by atoms with E-state index in [9.17, 15) is 18.4 Å². The van der Waals surface area contributed by atoms with Crippen molar-refractivity contribution < 1.29 is 18.4 Å². The summed E-state index contributed by atoms with van der Waals surface area (Å²) in [6.07, 6.45) is 0. The molecule has 1 aliphatic rings. The predicted molar refractivity (Wildman–Crippen MR) is 92.4 cm³/mol. The van der Waals surface area contributed by atoms with Crippen molar-refractivity contribution in [1.29, 1.82) is 0 Å². The molecule has 1 aliphatic heterocycles. The number of carbonyl (C=O) groups is 2. The van der Waals surface area contributed by atoms with Gasteiger partial charge in [-0.1, -0.05) is 23.2 Å². The van der Waals surface area contributed by atoms with Crippen molar-refractivity contribution in [2.75, 3.05) is 26.2 Å². The maximum absolute atomic E-state index is 13.3.